The molecule has 0 radical (unpaired) electrons. The zero-order valence-electron chi connectivity index (χ0n) is 18.6. The first-order chi connectivity index (χ1) is 16.4. The highest BCUT2D eigenvalue weighted by molar-refractivity contribution is 7.92. The predicted octanol–water partition coefficient (Wildman–Crippen LogP) is 4.19. The maximum atomic E-state index is 13.9. The lowest BCUT2D eigenvalue weighted by Crippen LogP contribution is -2.19. The molecule has 0 saturated heterocycles. The number of esters is 1. The van der Waals surface area contributed by atoms with Gasteiger partial charge < -0.3 is 19.2 Å². The summed E-state index contributed by atoms with van der Waals surface area (Å²) >= 11 is 0. The number of hydrogen-bond acceptors (Lipinski definition) is 7. The number of sulfonamides is 1. The van der Waals surface area contributed by atoms with Gasteiger partial charge in [-0.3, -0.25) is 4.72 Å². The van der Waals surface area contributed by atoms with Crippen molar-refractivity contribution in [2.24, 2.45) is 0 Å². The van der Waals surface area contributed by atoms with Gasteiger partial charge in [0.05, 0.1) is 24.0 Å². The molecule has 34 heavy (non-hydrogen) atoms. The molecule has 2 aromatic carbocycles. The molecule has 0 atom stereocenters. The van der Waals surface area contributed by atoms with Crippen molar-refractivity contribution in [3.8, 4) is 16.9 Å². The lowest BCUT2D eigenvalue weighted by atomic mass is 9.98. The van der Waals surface area contributed by atoms with Crippen LogP contribution in [0.3, 0.4) is 0 Å². The molecule has 0 spiro atoms. The molecule has 1 aliphatic rings. The molecule has 3 aromatic rings. The number of fused-ring (bicyclic) bond motifs is 3. The van der Waals surface area contributed by atoms with Gasteiger partial charge >= 0.3 is 5.97 Å². The van der Waals surface area contributed by atoms with Gasteiger partial charge in [-0.05, 0) is 48.5 Å². The fraction of sp³-hybridized carbons (Fsp3) is 0.208. The second kappa shape index (κ2) is 9.70. The fourth-order valence-corrected chi connectivity index (χ4v) is 4.93. The molecule has 0 fully saturated rings. The number of likely N-dealkylation sites (N-methyl/N-ethyl adjacent to an activating group) is 1. The maximum Gasteiger partial charge on any atom is 0.343 e. The van der Waals surface area contributed by atoms with E-state index in [2.05, 4.69) is 10.0 Å². The molecule has 0 saturated carbocycles. The Morgan fingerprint density at radius 3 is 2.79 bits per heavy atom. The van der Waals surface area contributed by atoms with E-state index >= 15 is 0 Å². The van der Waals surface area contributed by atoms with E-state index in [0.717, 1.165) is 24.2 Å². The fourth-order valence-electron chi connectivity index (χ4n) is 3.67. The molecular weight excluding hydrogens is 463 g/mol. The first-order valence-corrected chi connectivity index (χ1v) is 12.0. The SMILES string of the molecule is CCNC/C=C\c1cc(F)ccc1S(=O)(=O)Nc1ccc2c(c1C(=O)OC)OCc1occc1-2. The predicted molar refractivity (Wildman–Crippen MR) is 125 cm³/mol. The van der Waals surface area contributed by atoms with Crippen LogP contribution in [0.2, 0.25) is 0 Å². The molecule has 0 amide bonds. The normalized spacial score (nSPS) is 12.7. The van der Waals surface area contributed by atoms with Crippen molar-refractivity contribution in [1.82, 2.24) is 5.32 Å². The van der Waals surface area contributed by atoms with Crippen LogP contribution in [0.4, 0.5) is 10.1 Å². The number of rotatable bonds is 8. The van der Waals surface area contributed by atoms with E-state index in [4.69, 9.17) is 13.9 Å². The van der Waals surface area contributed by atoms with Crippen LogP contribution in [0.5, 0.6) is 5.75 Å². The topological polar surface area (TPSA) is 107 Å². The summed E-state index contributed by atoms with van der Waals surface area (Å²) in [7, 11) is -3.02. The Hall–Kier alpha value is -3.63. The van der Waals surface area contributed by atoms with E-state index in [1.807, 2.05) is 6.92 Å². The smallest absolute Gasteiger partial charge is 0.343 e. The molecule has 4 rings (SSSR count). The monoisotopic (exact) mass is 486 g/mol. The summed E-state index contributed by atoms with van der Waals surface area (Å²) in [4.78, 5) is 12.5. The number of hydrogen-bond donors (Lipinski definition) is 2. The standard InChI is InChI=1S/C24H23FN2O6S/c1-3-26-11-4-5-15-13-16(25)6-9-21(15)34(29,30)27-19-8-7-18-17-10-12-32-20(17)14-33-23(18)22(19)24(28)31-2/h4-10,12-13,26-27H,3,11,14H2,1-2H3/b5-4-. The van der Waals surface area contributed by atoms with Crippen LogP contribution < -0.4 is 14.8 Å². The zero-order valence-corrected chi connectivity index (χ0v) is 19.4. The Morgan fingerprint density at radius 1 is 1.21 bits per heavy atom. The van der Waals surface area contributed by atoms with Crippen molar-refractivity contribution in [2.75, 3.05) is 24.9 Å². The Labute approximate surface area is 196 Å². The van der Waals surface area contributed by atoms with E-state index < -0.39 is 21.8 Å². The van der Waals surface area contributed by atoms with Crippen LogP contribution in [0.1, 0.15) is 28.6 Å². The van der Waals surface area contributed by atoms with Crippen molar-refractivity contribution in [1.29, 1.82) is 0 Å². The summed E-state index contributed by atoms with van der Waals surface area (Å²) in [5.74, 6) is -0.565. The number of nitrogens with one attached hydrogen (secondary N) is 2. The van der Waals surface area contributed by atoms with Crippen molar-refractivity contribution in [3.05, 3.63) is 71.4 Å². The first kappa shape index (κ1) is 23.5. The van der Waals surface area contributed by atoms with Crippen LogP contribution in [0.15, 0.2) is 58.1 Å². The van der Waals surface area contributed by atoms with Gasteiger partial charge in [0, 0.05) is 17.7 Å². The van der Waals surface area contributed by atoms with E-state index in [1.165, 1.54) is 31.6 Å². The Balaban J connectivity index is 1.76. The third-order valence-corrected chi connectivity index (χ3v) is 6.69. The van der Waals surface area contributed by atoms with Gasteiger partial charge in [-0.2, -0.15) is 0 Å². The number of carbonyl (C=O) groups is 1. The van der Waals surface area contributed by atoms with Crippen LogP contribution in [0.25, 0.3) is 17.2 Å². The number of furan rings is 1. The third kappa shape index (κ3) is 4.55. The second-order valence-electron chi connectivity index (χ2n) is 7.40. The molecule has 1 aliphatic heterocycles. The number of anilines is 1. The van der Waals surface area contributed by atoms with Crippen molar-refractivity contribution in [3.63, 3.8) is 0 Å². The molecule has 8 nitrogen and oxygen atoms in total. The van der Waals surface area contributed by atoms with Gasteiger partial charge in [0.25, 0.3) is 10.0 Å². The molecule has 0 bridgehead atoms. The molecule has 1 aromatic heterocycles. The first-order valence-electron chi connectivity index (χ1n) is 10.5. The second-order valence-corrected chi connectivity index (χ2v) is 9.05. The molecule has 2 heterocycles. The van der Waals surface area contributed by atoms with Crippen LogP contribution in [-0.2, 0) is 21.4 Å². The highest BCUT2D eigenvalue weighted by Crippen LogP contribution is 2.43. The van der Waals surface area contributed by atoms with E-state index in [1.54, 1.807) is 18.2 Å². The minimum atomic E-state index is -4.21. The number of halogens is 1. The maximum absolute atomic E-state index is 13.9. The van der Waals surface area contributed by atoms with Gasteiger partial charge in [-0.15, -0.1) is 0 Å². The minimum Gasteiger partial charge on any atom is -0.484 e. The van der Waals surface area contributed by atoms with Crippen LogP contribution in [0, 0.1) is 5.82 Å². The van der Waals surface area contributed by atoms with Crippen molar-refractivity contribution in [2.45, 2.75) is 18.4 Å². The van der Waals surface area contributed by atoms with Gasteiger partial charge in [0.1, 0.15) is 29.5 Å². The summed E-state index contributed by atoms with van der Waals surface area (Å²) in [6, 6.07) is 8.21. The van der Waals surface area contributed by atoms with Gasteiger partial charge in [-0.25, -0.2) is 17.6 Å². The molecular formula is C24H23FN2O6S. The van der Waals surface area contributed by atoms with E-state index in [-0.39, 0.29) is 34.1 Å². The summed E-state index contributed by atoms with van der Waals surface area (Å²) in [5, 5.41) is 3.07. The quantitative estimate of drug-likeness (QED) is 0.363. The lowest BCUT2D eigenvalue weighted by molar-refractivity contribution is 0.0596. The highest BCUT2D eigenvalue weighted by atomic mass is 32.2. The van der Waals surface area contributed by atoms with Crippen LogP contribution >= 0.6 is 0 Å². The molecule has 178 valence electrons. The molecule has 0 unspecified atom stereocenters. The lowest BCUT2D eigenvalue weighted by Gasteiger charge is -2.22. The minimum absolute atomic E-state index is 0.0237. The summed E-state index contributed by atoms with van der Waals surface area (Å²) < 4.78 is 59.0. The largest absolute Gasteiger partial charge is 0.484 e. The Bertz CT molecular complexity index is 1360. The van der Waals surface area contributed by atoms with E-state index in [0.29, 0.717) is 17.9 Å². The zero-order chi connectivity index (χ0) is 24.3. The third-order valence-electron chi connectivity index (χ3n) is 5.25. The van der Waals surface area contributed by atoms with Crippen LogP contribution in [-0.4, -0.2) is 34.6 Å². The number of carbonyl (C=O) groups excluding carboxylic acids is 1. The Kier molecular flexibility index (Phi) is 6.71. The van der Waals surface area contributed by atoms with Crippen molar-refractivity contribution < 1.29 is 31.5 Å². The van der Waals surface area contributed by atoms with Gasteiger partial charge in [0.15, 0.2) is 0 Å². The van der Waals surface area contributed by atoms with Gasteiger partial charge in [-0.1, -0.05) is 19.1 Å². The summed E-state index contributed by atoms with van der Waals surface area (Å²) in [5.41, 5.74) is 1.40. The van der Waals surface area contributed by atoms with E-state index in [9.17, 15) is 17.6 Å². The number of ether oxygens (including phenoxy) is 2. The molecule has 2 N–H and O–H groups in total. The average molecular weight is 487 g/mol. The summed E-state index contributed by atoms with van der Waals surface area (Å²) in [6.07, 6.45) is 4.74. The summed E-state index contributed by atoms with van der Waals surface area (Å²) in [6.45, 7) is 3.24. The molecule has 10 heteroatoms. The number of methoxy groups -OCH3 is 1. The highest BCUT2D eigenvalue weighted by Gasteiger charge is 2.30. The van der Waals surface area contributed by atoms with Gasteiger partial charge in [0.2, 0.25) is 0 Å². The number of benzene rings is 2. The molecule has 0 aliphatic carbocycles. The van der Waals surface area contributed by atoms with Crippen molar-refractivity contribution >= 4 is 27.8 Å². The Morgan fingerprint density at radius 2 is 2.03 bits per heavy atom. The average Bonchev–Trinajstić information content (AvgIpc) is 3.30.